The molecule has 1 aliphatic rings. The van der Waals surface area contributed by atoms with Crippen LogP contribution in [-0.4, -0.2) is 38.4 Å². The van der Waals surface area contributed by atoms with E-state index in [0.29, 0.717) is 34.2 Å². The number of hydrogen-bond donors (Lipinski definition) is 2. The van der Waals surface area contributed by atoms with Gasteiger partial charge in [-0.15, -0.1) is 11.3 Å². The lowest BCUT2D eigenvalue weighted by molar-refractivity contribution is 0.102. The Balaban J connectivity index is 1.49. The standard InChI is InChI=1S/C21H25N5O3S/c1-3-26-17-7-6-14(9-16(17)23-19(28)20(26)29)18(27)24-21-22-15(12-30-21)11-25-8-4-5-13(2)10-25/h6-7,9,12-13H,3-5,8,10-11H2,1-2H3,(H,23,28)(H,22,24,27). The van der Waals surface area contributed by atoms with E-state index in [-0.39, 0.29) is 5.91 Å². The van der Waals surface area contributed by atoms with E-state index in [9.17, 15) is 14.4 Å². The number of fused-ring (bicyclic) bond motifs is 1. The van der Waals surface area contributed by atoms with E-state index < -0.39 is 11.1 Å². The second-order valence-electron chi connectivity index (χ2n) is 7.82. The highest BCUT2D eigenvalue weighted by atomic mass is 32.1. The molecule has 8 nitrogen and oxygen atoms in total. The fraction of sp³-hybridized carbons (Fsp3) is 0.429. The Hall–Kier alpha value is -2.78. The average molecular weight is 428 g/mol. The molecule has 3 aromatic rings. The smallest absolute Gasteiger partial charge is 0.316 e. The number of H-pyrrole nitrogens is 1. The minimum Gasteiger partial charge on any atom is -0.316 e. The molecule has 2 aromatic heterocycles. The quantitative estimate of drug-likeness (QED) is 0.610. The molecule has 0 bridgehead atoms. The molecule has 9 heteroatoms. The summed E-state index contributed by atoms with van der Waals surface area (Å²) in [7, 11) is 0. The third-order valence-electron chi connectivity index (χ3n) is 5.45. The van der Waals surface area contributed by atoms with Crippen LogP contribution in [-0.2, 0) is 13.1 Å². The van der Waals surface area contributed by atoms with Crippen LogP contribution in [0.1, 0.15) is 42.7 Å². The summed E-state index contributed by atoms with van der Waals surface area (Å²) in [5.41, 5.74) is 1.10. The minimum atomic E-state index is -0.696. The van der Waals surface area contributed by atoms with Crippen molar-refractivity contribution in [2.45, 2.75) is 39.8 Å². The Morgan fingerprint density at radius 1 is 1.37 bits per heavy atom. The fourth-order valence-corrected chi connectivity index (χ4v) is 4.70. The van der Waals surface area contributed by atoms with Gasteiger partial charge in [-0.3, -0.25) is 24.6 Å². The van der Waals surface area contributed by atoms with Gasteiger partial charge in [0.2, 0.25) is 0 Å². The number of carbonyl (C=O) groups excluding carboxylic acids is 1. The maximum absolute atomic E-state index is 12.7. The summed E-state index contributed by atoms with van der Waals surface area (Å²) in [5, 5.41) is 5.36. The Morgan fingerprint density at radius 3 is 2.97 bits per heavy atom. The van der Waals surface area contributed by atoms with E-state index in [2.05, 4.69) is 27.1 Å². The van der Waals surface area contributed by atoms with E-state index in [4.69, 9.17) is 0 Å². The zero-order valence-electron chi connectivity index (χ0n) is 17.1. The van der Waals surface area contributed by atoms with Crippen molar-refractivity contribution in [1.29, 1.82) is 0 Å². The topological polar surface area (TPSA) is 100 Å². The number of benzene rings is 1. The second-order valence-corrected chi connectivity index (χ2v) is 8.67. The van der Waals surface area contributed by atoms with E-state index >= 15 is 0 Å². The van der Waals surface area contributed by atoms with Gasteiger partial charge < -0.3 is 9.55 Å². The van der Waals surface area contributed by atoms with Gasteiger partial charge in [-0.1, -0.05) is 6.92 Å². The van der Waals surface area contributed by atoms with Crippen LogP contribution in [0, 0.1) is 5.92 Å². The molecule has 0 radical (unpaired) electrons. The fourth-order valence-electron chi connectivity index (χ4n) is 4.00. The number of carbonyl (C=O) groups is 1. The molecular weight excluding hydrogens is 402 g/mol. The van der Waals surface area contributed by atoms with Crippen LogP contribution in [0.4, 0.5) is 5.13 Å². The number of amides is 1. The number of aryl methyl sites for hydroxylation is 1. The Morgan fingerprint density at radius 2 is 2.20 bits per heavy atom. The van der Waals surface area contributed by atoms with Gasteiger partial charge in [-0.05, 0) is 50.4 Å². The van der Waals surface area contributed by atoms with Crippen molar-refractivity contribution in [3.63, 3.8) is 0 Å². The summed E-state index contributed by atoms with van der Waals surface area (Å²) >= 11 is 1.40. The summed E-state index contributed by atoms with van der Waals surface area (Å²) in [6.07, 6.45) is 2.49. The molecule has 4 rings (SSSR count). The molecule has 1 unspecified atom stereocenters. The van der Waals surface area contributed by atoms with Gasteiger partial charge in [0.25, 0.3) is 5.91 Å². The highest BCUT2D eigenvalue weighted by molar-refractivity contribution is 7.14. The zero-order chi connectivity index (χ0) is 21.3. The summed E-state index contributed by atoms with van der Waals surface area (Å²) < 4.78 is 1.39. The van der Waals surface area contributed by atoms with Gasteiger partial charge in [0.1, 0.15) is 0 Å². The molecule has 0 spiro atoms. The first-order valence-electron chi connectivity index (χ1n) is 10.2. The van der Waals surface area contributed by atoms with E-state index in [0.717, 1.165) is 25.3 Å². The monoisotopic (exact) mass is 427 g/mol. The molecule has 0 saturated carbocycles. The van der Waals surface area contributed by atoms with Crippen molar-refractivity contribution in [1.82, 2.24) is 19.4 Å². The SMILES string of the molecule is CCn1c(=O)c(=O)[nH]c2cc(C(=O)Nc3nc(CN4CCCC(C)C4)cs3)ccc21. The lowest BCUT2D eigenvalue weighted by atomic mass is 10.0. The molecule has 1 fully saturated rings. The van der Waals surface area contributed by atoms with Gasteiger partial charge in [-0.25, -0.2) is 4.98 Å². The molecule has 3 heterocycles. The molecule has 1 aromatic carbocycles. The maximum atomic E-state index is 12.7. The van der Waals surface area contributed by atoms with Gasteiger partial charge >= 0.3 is 11.1 Å². The Bertz CT molecular complexity index is 1200. The first kappa shape index (κ1) is 20.5. The number of aromatic nitrogens is 3. The number of hydrogen-bond acceptors (Lipinski definition) is 6. The minimum absolute atomic E-state index is 0.306. The molecule has 1 atom stereocenters. The van der Waals surface area contributed by atoms with Gasteiger partial charge in [-0.2, -0.15) is 0 Å². The number of anilines is 1. The number of aromatic amines is 1. The highest BCUT2D eigenvalue weighted by Crippen LogP contribution is 2.21. The predicted molar refractivity (Wildman–Crippen MR) is 118 cm³/mol. The number of rotatable bonds is 5. The number of nitrogens with one attached hydrogen (secondary N) is 2. The number of nitrogens with zero attached hydrogens (tertiary/aromatic N) is 3. The van der Waals surface area contributed by atoms with E-state index in [1.165, 1.54) is 28.7 Å². The lowest BCUT2D eigenvalue weighted by Crippen LogP contribution is -2.36. The van der Waals surface area contributed by atoms with Crippen LogP contribution in [0.3, 0.4) is 0 Å². The van der Waals surface area contributed by atoms with E-state index in [1.807, 2.05) is 5.38 Å². The largest absolute Gasteiger partial charge is 0.316 e. The third-order valence-corrected chi connectivity index (χ3v) is 6.26. The van der Waals surface area contributed by atoms with Crippen molar-refractivity contribution in [2.75, 3.05) is 18.4 Å². The Labute approximate surface area is 177 Å². The maximum Gasteiger partial charge on any atom is 0.316 e. The molecular formula is C21H25N5O3S. The average Bonchev–Trinajstić information content (AvgIpc) is 3.15. The van der Waals surface area contributed by atoms with Gasteiger partial charge in [0, 0.05) is 30.6 Å². The second kappa shape index (κ2) is 8.53. The molecule has 2 N–H and O–H groups in total. The molecule has 1 aliphatic heterocycles. The molecule has 1 amide bonds. The first-order chi connectivity index (χ1) is 14.4. The number of likely N-dealkylation sites (tertiary alicyclic amines) is 1. The van der Waals surface area contributed by atoms with Crippen molar-refractivity contribution >= 4 is 33.4 Å². The summed E-state index contributed by atoms with van der Waals surface area (Å²) in [6, 6.07) is 4.91. The third kappa shape index (κ3) is 4.22. The van der Waals surface area contributed by atoms with Crippen molar-refractivity contribution in [3.8, 4) is 0 Å². The number of piperidine rings is 1. The van der Waals surface area contributed by atoms with Crippen LogP contribution in [0.15, 0.2) is 33.2 Å². The van der Waals surface area contributed by atoms with Crippen LogP contribution >= 0.6 is 11.3 Å². The molecule has 30 heavy (non-hydrogen) atoms. The summed E-state index contributed by atoms with van der Waals surface area (Å²) in [5.74, 6) is 0.402. The van der Waals surface area contributed by atoms with Crippen molar-refractivity contribution < 1.29 is 4.79 Å². The first-order valence-corrected chi connectivity index (χ1v) is 11.1. The van der Waals surface area contributed by atoms with Crippen molar-refractivity contribution in [3.05, 3.63) is 55.5 Å². The molecule has 158 valence electrons. The van der Waals surface area contributed by atoms with Crippen LogP contribution in [0.2, 0.25) is 0 Å². The normalized spacial score (nSPS) is 17.3. The highest BCUT2D eigenvalue weighted by Gasteiger charge is 2.18. The Kier molecular flexibility index (Phi) is 5.83. The van der Waals surface area contributed by atoms with Gasteiger partial charge in [0.05, 0.1) is 16.7 Å². The molecule has 1 saturated heterocycles. The number of thiazole rings is 1. The molecule has 0 aliphatic carbocycles. The predicted octanol–water partition coefficient (Wildman–Crippen LogP) is 2.65. The van der Waals surface area contributed by atoms with Gasteiger partial charge in [0.15, 0.2) is 5.13 Å². The van der Waals surface area contributed by atoms with Crippen LogP contribution < -0.4 is 16.4 Å². The zero-order valence-corrected chi connectivity index (χ0v) is 17.9. The summed E-state index contributed by atoms with van der Waals surface area (Å²) in [6.45, 7) is 7.41. The van der Waals surface area contributed by atoms with Crippen LogP contribution in [0.5, 0.6) is 0 Å². The van der Waals surface area contributed by atoms with E-state index in [1.54, 1.807) is 25.1 Å². The summed E-state index contributed by atoms with van der Waals surface area (Å²) in [4.78, 5) is 46.0. The van der Waals surface area contributed by atoms with Crippen molar-refractivity contribution in [2.24, 2.45) is 5.92 Å². The van der Waals surface area contributed by atoms with Crippen LogP contribution in [0.25, 0.3) is 11.0 Å². The lowest BCUT2D eigenvalue weighted by Gasteiger charge is -2.30.